The molecule has 1 amide bonds. The maximum absolute atomic E-state index is 12.7. The Labute approximate surface area is 140 Å². The van der Waals surface area contributed by atoms with E-state index in [1.165, 1.54) is 11.3 Å². The predicted molar refractivity (Wildman–Crippen MR) is 93.4 cm³/mol. The van der Waals surface area contributed by atoms with E-state index in [1.54, 1.807) is 0 Å². The van der Waals surface area contributed by atoms with Gasteiger partial charge in [0.25, 0.3) is 5.91 Å². The number of pyridine rings is 1. The van der Waals surface area contributed by atoms with Crippen molar-refractivity contribution in [3.8, 4) is 0 Å². The second-order valence-electron chi connectivity index (χ2n) is 6.06. The first-order valence-electron chi connectivity index (χ1n) is 7.87. The minimum Gasteiger partial charge on any atom is -0.388 e. The van der Waals surface area contributed by atoms with Crippen molar-refractivity contribution in [3.05, 3.63) is 39.1 Å². The van der Waals surface area contributed by atoms with Crippen LogP contribution in [0.25, 0.3) is 0 Å². The van der Waals surface area contributed by atoms with Crippen molar-refractivity contribution >= 4 is 22.9 Å². The number of hydrogen-bond donors (Lipinski definition) is 1. The smallest absolute Gasteiger partial charge is 0.265 e. The Morgan fingerprint density at radius 1 is 1.30 bits per heavy atom. The number of likely N-dealkylation sites (tertiary alicyclic amines) is 1. The van der Waals surface area contributed by atoms with Crippen LogP contribution in [-0.2, 0) is 0 Å². The molecule has 0 saturated carbocycles. The minimum atomic E-state index is 0.108. The van der Waals surface area contributed by atoms with Crippen LogP contribution < -0.4 is 5.32 Å². The van der Waals surface area contributed by atoms with Crippen LogP contribution in [0.4, 0.5) is 5.69 Å². The van der Waals surface area contributed by atoms with Crippen LogP contribution in [0.5, 0.6) is 0 Å². The van der Waals surface area contributed by atoms with Gasteiger partial charge in [-0.3, -0.25) is 9.78 Å². The molecule has 0 aliphatic carbocycles. The first-order valence-corrected chi connectivity index (χ1v) is 8.69. The summed E-state index contributed by atoms with van der Waals surface area (Å²) >= 11 is 1.49. The monoisotopic (exact) mass is 330 g/mol. The molecule has 0 unspecified atom stereocenters. The van der Waals surface area contributed by atoms with Gasteiger partial charge in [-0.25, -0.2) is 4.98 Å². The molecule has 0 bridgehead atoms. The molecule has 23 heavy (non-hydrogen) atoms. The van der Waals surface area contributed by atoms with E-state index >= 15 is 0 Å². The van der Waals surface area contributed by atoms with E-state index in [1.807, 2.05) is 38.8 Å². The highest BCUT2D eigenvalue weighted by molar-refractivity contribution is 7.13. The van der Waals surface area contributed by atoms with Gasteiger partial charge in [0.1, 0.15) is 4.88 Å². The summed E-state index contributed by atoms with van der Waals surface area (Å²) in [7, 11) is 1.91. The lowest BCUT2D eigenvalue weighted by molar-refractivity contribution is 0.0794. The van der Waals surface area contributed by atoms with Crippen molar-refractivity contribution in [1.82, 2.24) is 14.9 Å². The largest absolute Gasteiger partial charge is 0.388 e. The van der Waals surface area contributed by atoms with Crippen molar-refractivity contribution in [2.75, 3.05) is 25.5 Å². The van der Waals surface area contributed by atoms with Gasteiger partial charge in [0.2, 0.25) is 0 Å². The molecule has 1 aliphatic heterocycles. The standard InChI is InChI=1S/C17H22N4OS/c1-10-7-14(18-4)8-15(19-10)13-5-6-21(9-13)17(22)16-11(2)20-12(3)23-16/h7-8,13H,5-6,9H2,1-4H3,(H,18,19)/t13-/m1/s1. The summed E-state index contributed by atoms with van der Waals surface area (Å²) in [5.41, 5.74) is 3.99. The Hall–Kier alpha value is -1.95. The zero-order valence-electron chi connectivity index (χ0n) is 14.0. The fourth-order valence-corrected chi connectivity index (χ4v) is 3.99. The molecule has 1 atom stereocenters. The summed E-state index contributed by atoms with van der Waals surface area (Å²) < 4.78 is 0. The van der Waals surface area contributed by atoms with Gasteiger partial charge in [-0.15, -0.1) is 11.3 Å². The lowest BCUT2D eigenvalue weighted by Crippen LogP contribution is -2.28. The highest BCUT2D eigenvalue weighted by Crippen LogP contribution is 2.30. The van der Waals surface area contributed by atoms with E-state index < -0.39 is 0 Å². The Morgan fingerprint density at radius 3 is 2.74 bits per heavy atom. The van der Waals surface area contributed by atoms with Crippen LogP contribution in [0.1, 0.15) is 44.1 Å². The Bertz CT molecular complexity index is 740. The van der Waals surface area contributed by atoms with E-state index in [-0.39, 0.29) is 5.91 Å². The van der Waals surface area contributed by atoms with Crippen molar-refractivity contribution < 1.29 is 4.79 Å². The number of aryl methyl sites for hydroxylation is 3. The number of carbonyl (C=O) groups excluding carboxylic acids is 1. The summed E-state index contributed by atoms with van der Waals surface area (Å²) in [4.78, 5) is 24.5. The number of rotatable bonds is 3. The fraction of sp³-hybridized carbons (Fsp3) is 0.471. The van der Waals surface area contributed by atoms with Gasteiger partial charge in [0.05, 0.1) is 10.7 Å². The third kappa shape index (κ3) is 3.22. The van der Waals surface area contributed by atoms with Crippen molar-refractivity contribution in [1.29, 1.82) is 0 Å². The van der Waals surface area contributed by atoms with Gasteiger partial charge in [-0.2, -0.15) is 0 Å². The number of anilines is 1. The zero-order chi connectivity index (χ0) is 16.6. The second-order valence-corrected chi connectivity index (χ2v) is 7.26. The summed E-state index contributed by atoms with van der Waals surface area (Å²) in [6.45, 7) is 7.37. The maximum atomic E-state index is 12.7. The number of thiazole rings is 1. The van der Waals surface area contributed by atoms with Crippen LogP contribution in [0, 0.1) is 20.8 Å². The lowest BCUT2D eigenvalue weighted by atomic mass is 10.0. The number of amides is 1. The average Bonchev–Trinajstić information content (AvgIpc) is 3.12. The van der Waals surface area contributed by atoms with Gasteiger partial charge in [-0.05, 0) is 39.3 Å². The molecule has 0 aromatic carbocycles. The molecule has 0 spiro atoms. The molecular formula is C17H22N4OS. The molecule has 3 rings (SSSR count). The van der Waals surface area contributed by atoms with Crippen LogP contribution in [-0.4, -0.2) is 40.9 Å². The molecule has 1 saturated heterocycles. The van der Waals surface area contributed by atoms with Crippen molar-refractivity contribution in [3.63, 3.8) is 0 Å². The molecule has 3 heterocycles. The topological polar surface area (TPSA) is 58.1 Å². The number of nitrogens with zero attached hydrogens (tertiary/aromatic N) is 3. The van der Waals surface area contributed by atoms with Gasteiger partial charge < -0.3 is 10.2 Å². The molecule has 2 aromatic heterocycles. The highest BCUT2D eigenvalue weighted by atomic mass is 32.1. The van der Waals surface area contributed by atoms with E-state index in [9.17, 15) is 4.79 Å². The van der Waals surface area contributed by atoms with Gasteiger partial charge in [0, 0.05) is 43.1 Å². The number of carbonyl (C=O) groups is 1. The van der Waals surface area contributed by atoms with E-state index in [4.69, 9.17) is 0 Å². The van der Waals surface area contributed by atoms with Crippen LogP contribution in [0.15, 0.2) is 12.1 Å². The van der Waals surface area contributed by atoms with Crippen LogP contribution in [0.3, 0.4) is 0 Å². The molecule has 122 valence electrons. The third-order valence-corrected chi connectivity index (χ3v) is 5.31. The Balaban J connectivity index is 1.77. The summed E-state index contributed by atoms with van der Waals surface area (Å²) in [5, 5.41) is 4.12. The zero-order valence-corrected chi connectivity index (χ0v) is 14.8. The molecule has 6 heteroatoms. The Morgan fingerprint density at radius 2 is 2.09 bits per heavy atom. The van der Waals surface area contributed by atoms with Gasteiger partial charge >= 0.3 is 0 Å². The van der Waals surface area contributed by atoms with E-state index in [0.29, 0.717) is 5.92 Å². The quantitative estimate of drug-likeness (QED) is 0.939. The number of hydrogen-bond acceptors (Lipinski definition) is 5. The molecule has 5 nitrogen and oxygen atoms in total. The summed E-state index contributed by atoms with van der Waals surface area (Å²) in [6.07, 6.45) is 0.960. The van der Waals surface area contributed by atoms with Crippen LogP contribution in [0.2, 0.25) is 0 Å². The van der Waals surface area contributed by atoms with Gasteiger partial charge in [0.15, 0.2) is 0 Å². The minimum absolute atomic E-state index is 0.108. The second kappa shape index (κ2) is 6.28. The average molecular weight is 330 g/mol. The first-order chi connectivity index (χ1) is 11.0. The van der Waals surface area contributed by atoms with E-state index in [2.05, 4.69) is 21.4 Å². The Kier molecular flexibility index (Phi) is 4.35. The third-order valence-electron chi connectivity index (χ3n) is 4.25. The molecule has 1 fully saturated rings. The van der Waals surface area contributed by atoms with Crippen molar-refractivity contribution in [2.45, 2.75) is 33.1 Å². The lowest BCUT2D eigenvalue weighted by Gasteiger charge is -2.16. The van der Waals surface area contributed by atoms with Crippen LogP contribution >= 0.6 is 11.3 Å². The summed E-state index contributed by atoms with van der Waals surface area (Å²) in [5.74, 6) is 0.414. The number of nitrogens with one attached hydrogen (secondary N) is 1. The molecule has 2 aromatic rings. The van der Waals surface area contributed by atoms with E-state index in [0.717, 1.165) is 52.2 Å². The SMILES string of the molecule is CNc1cc(C)nc([C@@H]2CCN(C(=O)c3sc(C)nc3C)C2)c1. The molecule has 1 aliphatic rings. The fourth-order valence-electron chi connectivity index (χ4n) is 3.11. The highest BCUT2D eigenvalue weighted by Gasteiger charge is 2.30. The summed E-state index contributed by atoms with van der Waals surface area (Å²) in [6, 6.07) is 4.12. The first kappa shape index (κ1) is 15.9. The maximum Gasteiger partial charge on any atom is 0.265 e. The van der Waals surface area contributed by atoms with Crippen molar-refractivity contribution in [2.24, 2.45) is 0 Å². The van der Waals surface area contributed by atoms with Gasteiger partial charge in [-0.1, -0.05) is 0 Å². The molecule has 0 radical (unpaired) electrons. The molecular weight excluding hydrogens is 308 g/mol. The number of aromatic nitrogens is 2. The molecule has 1 N–H and O–H groups in total. The predicted octanol–water partition coefficient (Wildman–Crippen LogP) is 3.13. The normalized spacial score (nSPS) is 17.6.